The van der Waals surface area contributed by atoms with E-state index in [0.29, 0.717) is 12.6 Å². The van der Waals surface area contributed by atoms with Crippen LogP contribution in [0.15, 0.2) is 34.1 Å². The highest BCUT2D eigenvalue weighted by Gasteiger charge is 2.07. The minimum absolute atomic E-state index is 0.462. The van der Waals surface area contributed by atoms with Crippen LogP contribution in [-0.4, -0.2) is 13.2 Å². The molecule has 114 valence electrons. The highest BCUT2D eigenvalue weighted by molar-refractivity contribution is 9.11. The third-order valence-corrected chi connectivity index (χ3v) is 4.54. The maximum Gasteiger partial charge on any atom is 0.161 e. The number of rotatable bonds is 7. The first-order valence-electron chi connectivity index (χ1n) is 6.86. The van der Waals surface area contributed by atoms with Gasteiger partial charge in [-0.25, -0.2) is 0 Å². The van der Waals surface area contributed by atoms with E-state index in [9.17, 15) is 0 Å². The summed E-state index contributed by atoms with van der Waals surface area (Å²) in [6, 6.07) is 10.6. The van der Waals surface area contributed by atoms with E-state index in [1.54, 1.807) is 18.4 Å². The van der Waals surface area contributed by atoms with Crippen LogP contribution in [0.1, 0.15) is 24.3 Å². The molecule has 0 aliphatic rings. The van der Waals surface area contributed by atoms with Crippen molar-refractivity contribution < 1.29 is 9.47 Å². The number of hydrogen-bond donors (Lipinski definition) is 1. The molecule has 0 saturated carbocycles. The summed E-state index contributed by atoms with van der Waals surface area (Å²) in [5.41, 5.74) is 1.19. The van der Waals surface area contributed by atoms with E-state index in [1.807, 2.05) is 18.2 Å². The zero-order valence-electron chi connectivity index (χ0n) is 12.5. The third-order valence-electron chi connectivity index (χ3n) is 2.94. The van der Waals surface area contributed by atoms with Crippen LogP contribution in [0.2, 0.25) is 0 Å². The fourth-order valence-electron chi connectivity index (χ4n) is 1.84. The lowest BCUT2D eigenvalue weighted by atomic mass is 10.2. The van der Waals surface area contributed by atoms with Crippen molar-refractivity contribution in [1.29, 1.82) is 0 Å². The van der Waals surface area contributed by atoms with Crippen LogP contribution in [0.5, 0.6) is 11.5 Å². The number of methoxy groups -OCH3 is 1. The predicted octanol–water partition coefficient (Wildman–Crippen LogP) is 4.60. The zero-order valence-corrected chi connectivity index (χ0v) is 14.9. The Morgan fingerprint density at radius 3 is 2.62 bits per heavy atom. The van der Waals surface area contributed by atoms with Crippen molar-refractivity contribution in [3.8, 4) is 11.5 Å². The number of benzene rings is 1. The molecule has 3 nitrogen and oxygen atoms in total. The van der Waals surface area contributed by atoms with E-state index in [1.165, 1.54) is 10.4 Å². The van der Waals surface area contributed by atoms with Crippen molar-refractivity contribution >= 4 is 27.3 Å². The molecule has 0 unspecified atom stereocenters. The molecule has 1 heterocycles. The second-order valence-corrected chi connectivity index (χ2v) is 7.56. The van der Waals surface area contributed by atoms with Gasteiger partial charge in [-0.1, -0.05) is 19.9 Å². The van der Waals surface area contributed by atoms with E-state index in [0.717, 1.165) is 21.8 Å². The average Bonchev–Trinajstić information content (AvgIpc) is 2.88. The van der Waals surface area contributed by atoms with Crippen molar-refractivity contribution in [3.05, 3.63) is 44.6 Å². The molecule has 1 aromatic carbocycles. The summed E-state index contributed by atoms with van der Waals surface area (Å²) in [7, 11) is 1.67. The minimum Gasteiger partial charge on any atom is -0.493 e. The summed E-state index contributed by atoms with van der Waals surface area (Å²) in [6.45, 7) is 5.64. The van der Waals surface area contributed by atoms with Gasteiger partial charge in [-0.3, -0.25) is 0 Å². The van der Waals surface area contributed by atoms with Crippen LogP contribution in [0.4, 0.5) is 0 Å². The van der Waals surface area contributed by atoms with E-state index >= 15 is 0 Å². The fraction of sp³-hybridized carbons (Fsp3) is 0.375. The van der Waals surface area contributed by atoms with Crippen molar-refractivity contribution in [1.82, 2.24) is 5.32 Å². The number of thiophene rings is 1. The summed E-state index contributed by atoms with van der Waals surface area (Å²) >= 11 is 5.13. The van der Waals surface area contributed by atoms with Crippen molar-refractivity contribution in [2.45, 2.75) is 33.0 Å². The summed E-state index contributed by atoms with van der Waals surface area (Å²) in [5, 5.41) is 3.39. The molecule has 0 fully saturated rings. The highest BCUT2D eigenvalue weighted by Crippen LogP contribution is 2.30. The topological polar surface area (TPSA) is 30.5 Å². The van der Waals surface area contributed by atoms with Gasteiger partial charge in [0.1, 0.15) is 6.61 Å². The minimum atomic E-state index is 0.462. The van der Waals surface area contributed by atoms with Gasteiger partial charge in [-0.15, -0.1) is 11.3 Å². The second kappa shape index (κ2) is 7.82. The van der Waals surface area contributed by atoms with Crippen LogP contribution >= 0.6 is 27.3 Å². The molecule has 0 aliphatic carbocycles. The molecule has 2 rings (SSSR count). The molecule has 0 atom stereocenters. The van der Waals surface area contributed by atoms with Gasteiger partial charge in [0.25, 0.3) is 0 Å². The Balaban J connectivity index is 2.01. The molecular weight excluding hydrogens is 350 g/mol. The standard InChI is InChI=1S/C16H20BrNO2S/c1-11(2)18-9-12-4-6-14(15(8-12)19-3)20-10-13-5-7-16(17)21-13/h4-8,11,18H,9-10H2,1-3H3. The molecule has 0 spiro atoms. The van der Waals surface area contributed by atoms with E-state index in [4.69, 9.17) is 9.47 Å². The Hall–Kier alpha value is -1.04. The normalized spacial score (nSPS) is 10.9. The lowest BCUT2D eigenvalue weighted by molar-refractivity contribution is 0.287. The molecule has 1 aromatic heterocycles. The van der Waals surface area contributed by atoms with Gasteiger partial charge < -0.3 is 14.8 Å². The summed E-state index contributed by atoms with van der Waals surface area (Å²) in [4.78, 5) is 1.18. The van der Waals surface area contributed by atoms with E-state index in [-0.39, 0.29) is 0 Å². The van der Waals surface area contributed by atoms with Gasteiger partial charge in [0, 0.05) is 17.5 Å². The third kappa shape index (κ3) is 5.02. The number of halogens is 1. The first kappa shape index (κ1) is 16.3. The number of ether oxygens (including phenoxy) is 2. The van der Waals surface area contributed by atoms with Gasteiger partial charge in [-0.2, -0.15) is 0 Å². The fourth-order valence-corrected chi connectivity index (χ4v) is 3.24. The molecule has 1 N–H and O–H groups in total. The predicted molar refractivity (Wildman–Crippen MR) is 91.3 cm³/mol. The molecule has 0 radical (unpaired) electrons. The smallest absolute Gasteiger partial charge is 0.161 e. The first-order chi connectivity index (χ1) is 10.1. The maximum atomic E-state index is 5.85. The molecule has 0 amide bonds. The number of hydrogen-bond acceptors (Lipinski definition) is 4. The molecule has 0 aliphatic heterocycles. The van der Waals surface area contributed by atoms with Gasteiger partial charge in [0.05, 0.1) is 10.9 Å². The Morgan fingerprint density at radius 1 is 1.19 bits per heavy atom. The molecular formula is C16H20BrNO2S. The lowest BCUT2D eigenvalue weighted by Crippen LogP contribution is -2.21. The van der Waals surface area contributed by atoms with E-state index in [2.05, 4.69) is 47.2 Å². The Bertz CT molecular complexity index is 583. The van der Waals surface area contributed by atoms with E-state index < -0.39 is 0 Å². The highest BCUT2D eigenvalue weighted by atomic mass is 79.9. The lowest BCUT2D eigenvalue weighted by Gasteiger charge is -2.13. The molecule has 0 bridgehead atoms. The number of nitrogens with one attached hydrogen (secondary N) is 1. The van der Waals surface area contributed by atoms with Gasteiger partial charge >= 0.3 is 0 Å². The maximum absolute atomic E-state index is 5.85. The van der Waals surface area contributed by atoms with Crippen LogP contribution in [0.3, 0.4) is 0 Å². The molecule has 21 heavy (non-hydrogen) atoms. The van der Waals surface area contributed by atoms with Crippen LogP contribution < -0.4 is 14.8 Å². The molecule has 0 saturated heterocycles. The van der Waals surface area contributed by atoms with Crippen molar-refractivity contribution in [2.24, 2.45) is 0 Å². The Labute approximate surface area is 138 Å². The van der Waals surface area contributed by atoms with Gasteiger partial charge in [0.2, 0.25) is 0 Å². The monoisotopic (exact) mass is 369 g/mol. The first-order valence-corrected chi connectivity index (χ1v) is 8.46. The summed E-state index contributed by atoms with van der Waals surface area (Å²) in [5.74, 6) is 1.55. The SMILES string of the molecule is COc1cc(CNC(C)C)ccc1OCc1ccc(Br)s1. The Kier molecular flexibility index (Phi) is 6.08. The summed E-state index contributed by atoms with van der Waals surface area (Å²) < 4.78 is 12.4. The van der Waals surface area contributed by atoms with Gasteiger partial charge in [0.15, 0.2) is 11.5 Å². The van der Waals surface area contributed by atoms with Crippen molar-refractivity contribution in [2.75, 3.05) is 7.11 Å². The van der Waals surface area contributed by atoms with Crippen LogP contribution in [-0.2, 0) is 13.2 Å². The Morgan fingerprint density at radius 2 is 2.00 bits per heavy atom. The average molecular weight is 370 g/mol. The van der Waals surface area contributed by atoms with Gasteiger partial charge in [-0.05, 0) is 45.8 Å². The molecule has 2 aromatic rings. The van der Waals surface area contributed by atoms with Crippen molar-refractivity contribution in [3.63, 3.8) is 0 Å². The van der Waals surface area contributed by atoms with Crippen LogP contribution in [0, 0.1) is 0 Å². The zero-order chi connectivity index (χ0) is 15.2. The summed E-state index contributed by atoms with van der Waals surface area (Å²) in [6.07, 6.45) is 0. The molecule has 5 heteroatoms. The van der Waals surface area contributed by atoms with Crippen LogP contribution in [0.25, 0.3) is 0 Å². The second-order valence-electron chi connectivity index (χ2n) is 5.02. The largest absolute Gasteiger partial charge is 0.493 e. The quantitative estimate of drug-likeness (QED) is 0.773.